The minimum atomic E-state index is -1.14. The van der Waals surface area contributed by atoms with Crippen LogP contribution in [0.3, 0.4) is 0 Å². The summed E-state index contributed by atoms with van der Waals surface area (Å²) in [7, 11) is 0. The zero-order chi connectivity index (χ0) is 14.4. The Bertz CT molecular complexity index is 393. The number of carbonyl (C=O) groups excluding carboxylic acids is 1. The minimum Gasteiger partial charge on any atom is -0.480 e. The first-order chi connectivity index (χ1) is 8.77. The van der Waals surface area contributed by atoms with Crippen molar-refractivity contribution in [1.29, 1.82) is 0 Å². The van der Waals surface area contributed by atoms with E-state index in [1.54, 1.807) is 6.92 Å². The van der Waals surface area contributed by atoms with Gasteiger partial charge in [0.05, 0.1) is 18.1 Å². The molecule has 0 spiro atoms. The number of carbonyl (C=O) groups is 2. The van der Waals surface area contributed by atoms with Gasteiger partial charge in [0.2, 0.25) is 5.91 Å². The second-order valence-corrected chi connectivity index (χ2v) is 6.20. The summed E-state index contributed by atoms with van der Waals surface area (Å²) in [4.78, 5) is 23.8. The number of nitrogens with one attached hydrogen (secondary N) is 1. The second kappa shape index (κ2) is 4.78. The average Bonchev–Trinajstić information content (AvgIpc) is 3.08. The van der Waals surface area contributed by atoms with Crippen LogP contribution in [0.15, 0.2) is 0 Å². The van der Waals surface area contributed by atoms with Gasteiger partial charge in [0.1, 0.15) is 5.54 Å². The van der Waals surface area contributed by atoms with Crippen molar-refractivity contribution in [3.63, 3.8) is 0 Å². The Morgan fingerprint density at radius 1 is 1.21 bits per heavy atom. The third-order valence-corrected chi connectivity index (χ3v) is 4.77. The normalized spacial score (nSPS) is 37.7. The molecule has 5 heteroatoms. The molecular formula is C14H23NO4. The lowest BCUT2D eigenvalue weighted by atomic mass is 9.87. The standard InChI is InChI=1S/C14H23NO4/c1-7-8(2)19-9(3)11(7)12(16)15-14(4,13(17)18)10-5-6-10/h7-11H,5-6H2,1-4H3,(H,15,16)(H,17,18). The Balaban J connectivity index is 2.10. The van der Waals surface area contributed by atoms with Gasteiger partial charge in [-0.2, -0.15) is 0 Å². The topological polar surface area (TPSA) is 75.6 Å². The van der Waals surface area contributed by atoms with Gasteiger partial charge < -0.3 is 15.2 Å². The molecule has 2 aliphatic rings. The molecule has 19 heavy (non-hydrogen) atoms. The summed E-state index contributed by atoms with van der Waals surface area (Å²) in [5.74, 6) is -1.25. The summed E-state index contributed by atoms with van der Waals surface area (Å²) in [6.07, 6.45) is 1.60. The van der Waals surface area contributed by atoms with E-state index in [1.807, 2.05) is 20.8 Å². The molecule has 5 atom stereocenters. The molecule has 0 aromatic heterocycles. The first kappa shape index (κ1) is 14.3. The summed E-state index contributed by atoms with van der Waals surface area (Å²) in [6, 6.07) is 0. The molecule has 0 radical (unpaired) electrons. The summed E-state index contributed by atoms with van der Waals surface area (Å²) >= 11 is 0. The smallest absolute Gasteiger partial charge is 0.329 e. The maximum absolute atomic E-state index is 12.4. The Hall–Kier alpha value is -1.10. The third-order valence-electron chi connectivity index (χ3n) is 4.77. The van der Waals surface area contributed by atoms with Gasteiger partial charge in [-0.15, -0.1) is 0 Å². The molecular weight excluding hydrogens is 246 g/mol. The molecule has 1 aliphatic carbocycles. The molecule has 2 rings (SSSR count). The SMILES string of the molecule is CC1OC(C)C(C(=O)NC(C)(C(=O)O)C2CC2)C1C. The predicted octanol–water partition coefficient (Wildman–Crippen LogP) is 1.42. The lowest BCUT2D eigenvalue weighted by Gasteiger charge is -2.29. The fourth-order valence-electron chi connectivity index (χ4n) is 3.05. The Labute approximate surface area is 113 Å². The Morgan fingerprint density at radius 2 is 1.79 bits per heavy atom. The van der Waals surface area contributed by atoms with E-state index in [4.69, 9.17) is 4.74 Å². The second-order valence-electron chi connectivity index (χ2n) is 6.20. The van der Waals surface area contributed by atoms with Crippen molar-refractivity contribution >= 4 is 11.9 Å². The van der Waals surface area contributed by atoms with Crippen LogP contribution in [0.5, 0.6) is 0 Å². The van der Waals surface area contributed by atoms with E-state index in [0.717, 1.165) is 12.8 Å². The molecule has 1 heterocycles. The van der Waals surface area contributed by atoms with Crippen molar-refractivity contribution in [2.75, 3.05) is 0 Å². The van der Waals surface area contributed by atoms with Gasteiger partial charge in [0.25, 0.3) is 0 Å². The van der Waals surface area contributed by atoms with Crippen LogP contribution < -0.4 is 5.32 Å². The highest BCUT2D eigenvalue weighted by Gasteiger charge is 2.51. The van der Waals surface area contributed by atoms with Gasteiger partial charge in [-0.05, 0) is 45.4 Å². The molecule has 5 unspecified atom stereocenters. The molecule has 1 aliphatic heterocycles. The van der Waals surface area contributed by atoms with E-state index in [1.165, 1.54) is 0 Å². The van der Waals surface area contributed by atoms with Crippen molar-refractivity contribution in [1.82, 2.24) is 5.32 Å². The van der Waals surface area contributed by atoms with E-state index < -0.39 is 11.5 Å². The van der Waals surface area contributed by atoms with Crippen molar-refractivity contribution in [2.24, 2.45) is 17.8 Å². The van der Waals surface area contributed by atoms with Crippen LogP contribution >= 0.6 is 0 Å². The van der Waals surface area contributed by atoms with Gasteiger partial charge in [-0.1, -0.05) is 6.92 Å². The molecule has 0 aromatic rings. The first-order valence-corrected chi connectivity index (χ1v) is 6.98. The largest absolute Gasteiger partial charge is 0.480 e. The van der Waals surface area contributed by atoms with Crippen LogP contribution in [-0.2, 0) is 14.3 Å². The lowest BCUT2D eigenvalue weighted by Crippen LogP contribution is -2.56. The van der Waals surface area contributed by atoms with Crippen LogP contribution in [0, 0.1) is 17.8 Å². The fraction of sp³-hybridized carbons (Fsp3) is 0.857. The van der Waals surface area contributed by atoms with E-state index >= 15 is 0 Å². The van der Waals surface area contributed by atoms with E-state index in [0.29, 0.717) is 0 Å². The molecule has 0 aromatic carbocycles. The van der Waals surface area contributed by atoms with Crippen molar-refractivity contribution < 1.29 is 19.4 Å². The quantitative estimate of drug-likeness (QED) is 0.809. The number of hydrogen-bond donors (Lipinski definition) is 2. The highest BCUT2D eigenvalue weighted by Crippen LogP contribution is 2.40. The van der Waals surface area contributed by atoms with E-state index in [-0.39, 0.29) is 35.9 Å². The molecule has 2 fully saturated rings. The maximum atomic E-state index is 12.4. The molecule has 108 valence electrons. The lowest BCUT2D eigenvalue weighted by molar-refractivity contribution is -0.149. The van der Waals surface area contributed by atoms with Gasteiger partial charge in [-0.3, -0.25) is 4.79 Å². The summed E-state index contributed by atoms with van der Waals surface area (Å²) in [5, 5.41) is 12.1. The number of hydrogen-bond acceptors (Lipinski definition) is 3. The van der Waals surface area contributed by atoms with Crippen LogP contribution in [0.1, 0.15) is 40.5 Å². The van der Waals surface area contributed by atoms with Crippen molar-refractivity contribution in [2.45, 2.75) is 58.3 Å². The van der Waals surface area contributed by atoms with Crippen LogP contribution in [0.4, 0.5) is 0 Å². The molecule has 5 nitrogen and oxygen atoms in total. The molecule has 1 saturated heterocycles. The highest BCUT2D eigenvalue weighted by molar-refractivity contribution is 5.89. The van der Waals surface area contributed by atoms with Gasteiger partial charge in [-0.25, -0.2) is 4.79 Å². The monoisotopic (exact) mass is 269 g/mol. The summed E-state index contributed by atoms with van der Waals surface area (Å²) in [5.41, 5.74) is -1.14. The molecule has 1 saturated carbocycles. The van der Waals surface area contributed by atoms with Crippen LogP contribution in [0.25, 0.3) is 0 Å². The zero-order valence-electron chi connectivity index (χ0n) is 12.0. The van der Waals surface area contributed by atoms with Crippen molar-refractivity contribution in [3.05, 3.63) is 0 Å². The van der Waals surface area contributed by atoms with Crippen LogP contribution in [0.2, 0.25) is 0 Å². The van der Waals surface area contributed by atoms with Crippen molar-refractivity contribution in [3.8, 4) is 0 Å². The zero-order valence-corrected chi connectivity index (χ0v) is 12.0. The van der Waals surface area contributed by atoms with Gasteiger partial charge in [0.15, 0.2) is 0 Å². The van der Waals surface area contributed by atoms with E-state index in [9.17, 15) is 14.7 Å². The molecule has 1 amide bonds. The van der Waals surface area contributed by atoms with Gasteiger partial charge >= 0.3 is 5.97 Å². The summed E-state index contributed by atoms with van der Waals surface area (Å²) < 4.78 is 5.65. The first-order valence-electron chi connectivity index (χ1n) is 6.98. The number of rotatable bonds is 4. The van der Waals surface area contributed by atoms with E-state index in [2.05, 4.69) is 5.32 Å². The number of amides is 1. The molecule has 0 bridgehead atoms. The number of aliphatic carboxylic acids is 1. The number of carboxylic acid groups (broad SMARTS) is 1. The maximum Gasteiger partial charge on any atom is 0.329 e. The summed E-state index contributed by atoms with van der Waals surface area (Å²) in [6.45, 7) is 7.42. The highest BCUT2D eigenvalue weighted by atomic mass is 16.5. The third kappa shape index (κ3) is 2.48. The van der Waals surface area contributed by atoms with Crippen LogP contribution in [-0.4, -0.2) is 34.7 Å². The average molecular weight is 269 g/mol. The molecule has 2 N–H and O–H groups in total. The Morgan fingerprint density at radius 3 is 2.16 bits per heavy atom. The predicted molar refractivity (Wildman–Crippen MR) is 69.6 cm³/mol. The minimum absolute atomic E-state index is 0.0303. The Kier molecular flexibility index (Phi) is 3.60. The fourth-order valence-corrected chi connectivity index (χ4v) is 3.05. The number of ether oxygens (including phenoxy) is 1. The number of carboxylic acids is 1. The van der Waals surface area contributed by atoms with Gasteiger partial charge in [0, 0.05) is 0 Å².